The highest BCUT2D eigenvalue weighted by molar-refractivity contribution is 6.39. The summed E-state index contributed by atoms with van der Waals surface area (Å²) in [5.41, 5.74) is 13.9. The largest absolute Gasteiger partial charge is 0.508 e. The third kappa shape index (κ3) is 5.14. The van der Waals surface area contributed by atoms with Crippen molar-refractivity contribution < 1.29 is 5.11 Å². The van der Waals surface area contributed by atoms with Crippen molar-refractivity contribution >= 4 is 45.1 Å². The first kappa shape index (κ1) is 28.5. The molecule has 4 aromatic carbocycles. The highest BCUT2D eigenvalue weighted by Crippen LogP contribution is 2.38. The van der Waals surface area contributed by atoms with E-state index in [1.165, 1.54) is 0 Å². The van der Waals surface area contributed by atoms with E-state index in [9.17, 15) is 5.11 Å². The second-order valence-corrected chi connectivity index (χ2v) is 12.0. The number of hydrogen-bond acceptors (Lipinski definition) is 5. The molecule has 230 valence electrons. The van der Waals surface area contributed by atoms with Crippen LogP contribution in [0.1, 0.15) is 22.3 Å². The van der Waals surface area contributed by atoms with E-state index in [1.807, 2.05) is 91.0 Å². The first-order valence-corrected chi connectivity index (χ1v) is 16.2. The average Bonchev–Trinajstić information content (AvgIpc) is 3.97. The highest BCUT2D eigenvalue weighted by Gasteiger charge is 2.27. The van der Waals surface area contributed by atoms with Crippen molar-refractivity contribution in [1.29, 1.82) is 0 Å². The topological polar surface area (TPSA) is 69.7 Å². The smallest absolute Gasteiger partial charge is 0.116 e. The van der Waals surface area contributed by atoms with Crippen LogP contribution in [0, 0.1) is 0 Å². The van der Waals surface area contributed by atoms with Crippen LogP contribution in [0.2, 0.25) is 0 Å². The van der Waals surface area contributed by atoms with Gasteiger partial charge in [0.05, 0.1) is 45.6 Å². The maximum Gasteiger partial charge on any atom is 0.116 e. The van der Waals surface area contributed by atoms with Crippen LogP contribution in [-0.4, -0.2) is 28.0 Å². The fraction of sp³-hybridized carbons (Fsp3) is 0. The minimum absolute atomic E-state index is 0.177. The molecule has 4 aromatic rings. The third-order valence-corrected chi connectivity index (χ3v) is 8.93. The van der Waals surface area contributed by atoms with Gasteiger partial charge in [0.15, 0.2) is 0 Å². The third-order valence-electron chi connectivity index (χ3n) is 8.93. The fourth-order valence-electron chi connectivity index (χ4n) is 6.75. The van der Waals surface area contributed by atoms with Crippen LogP contribution in [0.15, 0.2) is 207 Å². The zero-order valence-electron chi connectivity index (χ0n) is 26.3. The molecule has 8 bridgehead atoms. The van der Waals surface area contributed by atoms with Crippen LogP contribution < -0.4 is 0 Å². The molecule has 1 N–H and O–H groups in total. The van der Waals surface area contributed by atoms with Gasteiger partial charge in [0.2, 0.25) is 0 Å². The SMILES string of the molecule is Oc1cccc(C2=C3C=CC(=N3)C(c3ccccc3)=C3C=CC(=N3)C(c3ccccc3)=C3C=CC(=N3)C(c3ccccc3)=C3C=CC2=N3)c1. The van der Waals surface area contributed by atoms with Crippen LogP contribution >= 0.6 is 0 Å². The van der Waals surface area contributed by atoms with Crippen LogP contribution in [0.5, 0.6) is 5.75 Å². The van der Waals surface area contributed by atoms with Crippen molar-refractivity contribution in [2.45, 2.75) is 0 Å². The van der Waals surface area contributed by atoms with Gasteiger partial charge >= 0.3 is 0 Å². The molecular weight excluding hydrogens is 601 g/mol. The van der Waals surface area contributed by atoms with Crippen molar-refractivity contribution in [3.63, 3.8) is 0 Å². The van der Waals surface area contributed by atoms with Gasteiger partial charge in [-0.3, -0.25) is 0 Å². The van der Waals surface area contributed by atoms with Gasteiger partial charge in [-0.1, -0.05) is 103 Å². The summed E-state index contributed by atoms with van der Waals surface area (Å²) in [5, 5.41) is 10.5. The number of fused-ring (bicyclic) bond motifs is 4. The van der Waals surface area contributed by atoms with Crippen LogP contribution in [-0.2, 0) is 0 Å². The minimum atomic E-state index is 0.177. The fourth-order valence-corrected chi connectivity index (χ4v) is 6.75. The molecule has 5 nitrogen and oxygen atoms in total. The van der Waals surface area contributed by atoms with Crippen LogP contribution in [0.3, 0.4) is 0 Å². The number of aliphatic imine (C=N–C) groups is 4. The second-order valence-electron chi connectivity index (χ2n) is 12.0. The van der Waals surface area contributed by atoms with E-state index in [2.05, 4.69) is 60.7 Å². The molecule has 0 fully saturated rings. The lowest BCUT2D eigenvalue weighted by Gasteiger charge is -2.12. The van der Waals surface area contributed by atoms with Gasteiger partial charge < -0.3 is 5.11 Å². The van der Waals surface area contributed by atoms with Gasteiger partial charge in [-0.2, -0.15) is 0 Å². The number of nitrogens with zero attached hydrogens (tertiary/aromatic N) is 4. The number of allylic oxidation sites excluding steroid dienone is 12. The van der Waals surface area contributed by atoms with Crippen molar-refractivity contribution in [3.8, 4) is 5.75 Å². The Morgan fingerprint density at radius 1 is 0.306 bits per heavy atom. The van der Waals surface area contributed by atoms with Gasteiger partial charge in [0.1, 0.15) is 5.75 Å². The summed E-state index contributed by atoms with van der Waals surface area (Å²) in [7, 11) is 0. The molecule has 0 aromatic heterocycles. The predicted molar refractivity (Wildman–Crippen MR) is 201 cm³/mol. The molecule has 5 aliphatic heterocycles. The molecule has 5 aliphatic rings. The summed E-state index contributed by atoms with van der Waals surface area (Å²) in [4.78, 5) is 21.1. The van der Waals surface area contributed by atoms with Crippen LogP contribution in [0.25, 0.3) is 22.3 Å². The van der Waals surface area contributed by atoms with Crippen molar-refractivity contribution in [1.82, 2.24) is 0 Å². The Morgan fingerprint density at radius 3 is 0.939 bits per heavy atom. The molecular formula is C44H28N4O. The van der Waals surface area contributed by atoms with Crippen molar-refractivity contribution in [2.24, 2.45) is 20.0 Å². The van der Waals surface area contributed by atoms with Crippen molar-refractivity contribution in [3.05, 3.63) is 209 Å². The van der Waals surface area contributed by atoms with Gasteiger partial charge in [-0.05, 0) is 83.0 Å². The number of rotatable bonds is 4. The van der Waals surface area contributed by atoms with E-state index in [4.69, 9.17) is 20.0 Å². The molecule has 0 amide bonds. The summed E-state index contributed by atoms with van der Waals surface area (Å²) in [5.74, 6) is 0.177. The Labute approximate surface area is 284 Å². The minimum Gasteiger partial charge on any atom is -0.508 e. The predicted octanol–water partition coefficient (Wildman–Crippen LogP) is 9.39. The Balaban J connectivity index is 1.38. The maximum atomic E-state index is 10.5. The lowest BCUT2D eigenvalue weighted by molar-refractivity contribution is 0.475. The average molecular weight is 629 g/mol. The Hall–Kier alpha value is -6.72. The summed E-state index contributed by atoms with van der Waals surface area (Å²) in [6.07, 6.45) is 16.5. The van der Waals surface area contributed by atoms with E-state index in [1.54, 1.807) is 12.1 Å². The first-order chi connectivity index (χ1) is 24.2. The quantitative estimate of drug-likeness (QED) is 0.240. The Morgan fingerprint density at radius 2 is 0.612 bits per heavy atom. The number of aromatic hydroxyl groups is 1. The summed E-state index contributed by atoms with van der Waals surface area (Å²) >= 11 is 0. The monoisotopic (exact) mass is 628 g/mol. The Bertz CT molecular complexity index is 2410. The zero-order chi connectivity index (χ0) is 32.7. The second kappa shape index (κ2) is 11.8. The van der Waals surface area contributed by atoms with Gasteiger partial charge in [0, 0.05) is 22.3 Å². The van der Waals surface area contributed by atoms with Gasteiger partial charge in [-0.25, -0.2) is 20.0 Å². The normalized spacial score (nSPS) is 17.7. The summed E-state index contributed by atoms with van der Waals surface area (Å²) in [6, 6.07) is 38.1. The lowest BCUT2D eigenvalue weighted by Crippen LogP contribution is -2.03. The Kier molecular flexibility index (Phi) is 6.87. The van der Waals surface area contributed by atoms with E-state index in [0.29, 0.717) is 0 Å². The van der Waals surface area contributed by atoms with Crippen molar-refractivity contribution in [2.75, 3.05) is 0 Å². The lowest BCUT2D eigenvalue weighted by atomic mass is 9.98. The molecule has 0 radical (unpaired) electrons. The maximum absolute atomic E-state index is 10.5. The standard InChI is InChI=1S/C44H28N4O/c49-32-18-10-17-31(27-32)44-39-25-23-37(47-39)42(29-13-6-2-7-14-29)35-21-19-33(45-35)41(28-11-4-1-5-12-28)34-20-22-36(46-34)43(30-15-8-3-9-16-30)38-24-26-40(44)48-38/h1-27,49H. The van der Waals surface area contributed by atoms with Gasteiger partial charge in [-0.15, -0.1) is 0 Å². The van der Waals surface area contributed by atoms with E-state index < -0.39 is 0 Å². The molecule has 0 saturated heterocycles. The number of phenols is 1. The molecule has 0 unspecified atom stereocenters. The summed E-state index contributed by atoms with van der Waals surface area (Å²) < 4.78 is 0. The highest BCUT2D eigenvalue weighted by atomic mass is 16.3. The molecule has 49 heavy (non-hydrogen) atoms. The number of hydrogen-bond donors (Lipinski definition) is 1. The van der Waals surface area contributed by atoms with Gasteiger partial charge in [0.25, 0.3) is 0 Å². The van der Waals surface area contributed by atoms with E-state index in [-0.39, 0.29) is 5.75 Å². The molecule has 0 aliphatic carbocycles. The van der Waals surface area contributed by atoms with E-state index in [0.717, 1.165) is 90.2 Å². The number of benzene rings is 4. The van der Waals surface area contributed by atoms with E-state index >= 15 is 0 Å². The first-order valence-electron chi connectivity index (χ1n) is 16.2. The van der Waals surface area contributed by atoms with Crippen LogP contribution in [0.4, 0.5) is 0 Å². The molecule has 0 saturated carbocycles. The zero-order valence-corrected chi connectivity index (χ0v) is 26.3. The molecule has 5 heterocycles. The summed E-state index contributed by atoms with van der Waals surface area (Å²) in [6.45, 7) is 0. The molecule has 9 rings (SSSR count). The molecule has 5 heteroatoms. The molecule has 0 spiro atoms. The number of phenolic OH excluding ortho intramolecular Hbond substituents is 1. The molecule has 0 atom stereocenters.